The highest BCUT2D eigenvalue weighted by Crippen LogP contribution is 2.22. The van der Waals surface area contributed by atoms with Crippen molar-refractivity contribution in [1.82, 2.24) is 10.3 Å². The molecule has 1 aromatic carbocycles. The highest BCUT2D eigenvalue weighted by molar-refractivity contribution is 5.74. The lowest BCUT2D eigenvalue weighted by Crippen LogP contribution is -2.22. The largest absolute Gasteiger partial charge is 0.420 e. The Kier molecular flexibility index (Phi) is 2.25. The number of oxazole rings is 1. The van der Waals surface area contributed by atoms with Crippen molar-refractivity contribution in [3.63, 3.8) is 0 Å². The second-order valence-corrected chi connectivity index (χ2v) is 3.94. The fourth-order valence-corrected chi connectivity index (χ4v) is 1.93. The Labute approximate surface area is 91.8 Å². The molecule has 5 heteroatoms. The molecule has 1 atom stereocenters. The van der Waals surface area contributed by atoms with Gasteiger partial charge in [-0.1, -0.05) is 6.07 Å². The lowest BCUT2D eigenvalue weighted by molar-refractivity contribution is 0.556. The van der Waals surface area contributed by atoms with Gasteiger partial charge in [0.25, 0.3) is 6.01 Å². The van der Waals surface area contributed by atoms with Crippen LogP contribution in [0.15, 0.2) is 22.6 Å². The van der Waals surface area contributed by atoms with Crippen molar-refractivity contribution in [2.75, 3.05) is 18.4 Å². The molecule has 1 aliphatic rings. The molecule has 16 heavy (non-hydrogen) atoms. The van der Waals surface area contributed by atoms with Gasteiger partial charge in [0.15, 0.2) is 11.4 Å². The summed E-state index contributed by atoms with van der Waals surface area (Å²) >= 11 is 0. The zero-order valence-electron chi connectivity index (χ0n) is 8.66. The summed E-state index contributed by atoms with van der Waals surface area (Å²) < 4.78 is 18.7. The van der Waals surface area contributed by atoms with Gasteiger partial charge in [0, 0.05) is 12.6 Å². The van der Waals surface area contributed by atoms with E-state index < -0.39 is 0 Å². The van der Waals surface area contributed by atoms with Crippen LogP contribution in [0.2, 0.25) is 0 Å². The molecule has 2 N–H and O–H groups in total. The van der Waals surface area contributed by atoms with Crippen LogP contribution in [0, 0.1) is 5.82 Å². The Morgan fingerprint density at radius 1 is 1.50 bits per heavy atom. The van der Waals surface area contributed by atoms with Crippen LogP contribution in [0.1, 0.15) is 6.42 Å². The number of halogens is 1. The third kappa shape index (κ3) is 1.63. The summed E-state index contributed by atoms with van der Waals surface area (Å²) in [6, 6.07) is 5.44. The van der Waals surface area contributed by atoms with Crippen LogP contribution in [-0.4, -0.2) is 24.1 Å². The Bertz CT molecular complexity index is 505. The molecule has 1 fully saturated rings. The number of anilines is 1. The summed E-state index contributed by atoms with van der Waals surface area (Å²) in [6.07, 6.45) is 1.03. The standard InChI is InChI=1S/C11H12FN3O/c12-8-2-1-3-9-10(8)16-11(15-9)14-7-4-5-13-6-7/h1-3,7,13H,4-6H2,(H,14,15). The van der Waals surface area contributed by atoms with Gasteiger partial charge in [0.1, 0.15) is 5.52 Å². The van der Waals surface area contributed by atoms with Crippen LogP contribution in [0.4, 0.5) is 10.4 Å². The fourth-order valence-electron chi connectivity index (χ4n) is 1.93. The maximum atomic E-state index is 13.3. The molecule has 2 heterocycles. The summed E-state index contributed by atoms with van der Waals surface area (Å²) in [6.45, 7) is 1.88. The monoisotopic (exact) mass is 221 g/mol. The lowest BCUT2D eigenvalue weighted by Gasteiger charge is -2.07. The first-order valence-electron chi connectivity index (χ1n) is 5.35. The van der Waals surface area contributed by atoms with Gasteiger partial charge in [0.2, 0.25) is 0 Å². The first kappa shape index (κ1) is 9.59. The van der Waals surface area contributed by atoms with Crippen LogP contribution in [0.5, 0.6) is 0 Å². The molecule has 0 saturated carbocycles. The number of hydrogen-bond acceptors (Lipinski definition) is 4. The van der Waals surface area contributed by atoms with Crippen LogP contribution in [0.25, 0.3) is 11.1 Å². The van der Waals surface area contributed by atoms with Gasteiger partial charge in [-0.3, -0.25) is 0 Å². The molecule has 1 aliphatic heterocycles. The first-order chi connectivity index (χ1) is 7.83. The minimum absolute atomic E-state index is 0.218. The summed E-state index contributed by atoms with van der Waals surface area (Å²) in [7, 11) is 0. The average molecular weight is 221 g/mol. The molecular formula is C11H12FN3O. The van der Waals surface area contributed by atoms with Crippen molar-refractivity contribution >= 4 is 17.1 Å². The molecular weight excluding hydrogens is 209 g/mol. The maximum Gasteiger partial charge on any atom is 0.296 e. The average Bonchev–Trinajstić information content (AvgIpc) is 2.88. The van der Waals surface area contributed by atoms with Gasteiger partial charge < -0.3 is 15.1 Å². The maximum absolute atomic E-state index is 13.3. The molecule has 0 amide bonds. The fraction of sp³-hybridized carbons (Fsp3) is 0.364. The van der Waals surface area contributed by atoms with Crippen molar-refractivity contribution in [2.45, 2.75) is 12.5 Å². The summed E-state index contributed by atoms with van der Waals surface area (Å²) in [5, 5.41) is 6.38. The highest BCUT2D eigenvalue weighted by atomic mass is 19.1. The predicted molar refractivity (Wildman–Crippen MR) is 58.9 cm³/mol. The first-order valence-corrected chi connectivity index (χ1v) is 5.35. The predicted octanol–water partition coefficient (Wildman–Crippen LogP) is 1.74. The quantitative estimate of drug-likeness (QED) is 0.811. The van der Waals surface area contributed by atoms with Crippen molar-refractivity contribution in [3.05, 3.63) is 24.0 Å². The van der Waals surface area contributed by atoms with E-state index in [1.807, 2.05) is 0 Å². The van der Waals surface area contributed by atoms with E-state index in [2.05, 4.69) is 15.6 Å². The second-order valence-electron chi connectivity index (χ2n) is 3.94. The Morgan fingerprint density at radius 2 is 2.44 bits per heavy atom. The molecule has 1 saturated heterocycles. The van der Waals surface area contributed by atoms with Crippen LogP contribution < -0.4 is 10.6 Å². The summed E-state index contributed by atoms with van der Waals surface area (Å²) in [5.74, 6) is -0.373. The molecule has 0 bridgehead atoms. The third-order valence-corrected chi connectivity index (χ3v) is 2.75. The van der Waals surface area contributed by atoms with Crippen molar-refractivity contribution in [1.29, 1.82) is 0 Å². The van der Waals surface area contributed by atoms with E-state index in [1.165, 1.54) is 6.07 Å². The van der Waals surface area contributed by atoms with Gasteiger partial charge in [-0.05, 0) is 25.1 Å². The minimum atomic E-state index is -0.373. The highest BCUT2D eigenvalue weighted by Gasteiger charge is 2.17. The van der Waals surface area contributed by atoms with E-state index in [0.29, 0.717) is 17.6 Å². The third-order valence-electron chi connectivity index (χ3n) is 2.75. The SMILES string of the molecule is Fc1cccc2nc(NC3CCNC3)oc12. The molecule has 1 aromatic heterocycles. The number of para-hydroxylation sites is 1. The molecule has 0 aliphatic carbocycles. The number of nitrogens with zero attached hydrogens (tertiary/aromatic N) is 1. The smallest absolute Gasteiger partial charge is 0.296 e. The summed E-state index contributed by atoms with van der Waals surface area (Å²) in [4.78, 5) is 4.19. The van der Waals surface area contributed by atoms with Gasteiger partial charge >= 0.3 is 0 Å². The molecule has 1 unspecified atom stereocenters. The Morgan fingerprint density at radius 3 is 3.19 bits per heavy atom. The van der Waals surface area contributed by atoms with Crippen molar-refractivity contribution in [2.24, 2.45) is 0 Å². The molecule has 84 valence electrons. The summed E-state index contributed by atoms with van der Waals surface area (Å²) in [5.41, 5.74) is 0.768. The molecule has 0 spiro atoms. The number of hydrogen-bond donors (Lipinski definition) is 2. The minimum Gasteiger partial charge on any atom is -0.420 e. The Balaban J connectivity index is 1.90. The van der Waals surface area contributed by atoms with Crippen LogP contribution in [-0.2, 0) is 0 Å². The number of aromatic nitrogens is 1. The van der Waals surface area contributed by atoms with E-state index in [1.54, 1.807) is 12.1 Å². The van der Waals surface area contributed by atoms with E-state index in [4.69, 9.17) is 4.42 Å². The lowest BCUT2D eigenvalue weighted by atomic mass is 10.3. The number of rotatable bonds is 2. The van der Waals surface area contributed by atoms with Gasteiger partial charge in [-0.2, -0.15) is 4.98 Å². The number of benzene rings is 1. The second kappa shape index (κ2) is 3.75. The molecule has 2 aromatic rings. The zero-order valence-corrected chi connectivity index (χ0v) is 8.66. The number of nitrogens with one attached hydrogen (secondary N) is 2. The topological polar surface area (TPSA) is 50.1 Å². The van der Waals surface area contributed by atoms with Crippen molar-refractivity contribution < 1.29 is 8.81 Å². The molecule has 0 radical (unpaired) electrons. The van der Waals surface area contributed by atoms with E-state index in [-0.39, 0.29) is 11.4 Å². The van der Waals surface area contributed by atoms with Crippen LogP contribution in [0.3, 0.4) is 0 Å². The Hall–Kier alpha value is -1.62. The van der Waals surface area contributed by atoms with Gasteiger partial charge in [-0.15, -0.1) is 0 Å². The van der Waals surface area contributed by atoms with Crippen molar-refractivity contribution in [3.8, 4) is 0 Å². The normalized spacial score (nSPS) is 20.4. The number of fused-ring (bicyclic) bond motifs is 1. The molecule has 4 nitrogen and oxygen atoms in total. The van der Waals surface area contributed by atoms with Gasteiger partial charge in [-0.25, -0.2) is 4.39 Å². The van der Waals surface area contributed by atoms with E-state index >= 15 is 0 Å². The van der Waals surface area contributed by atoms with E-state index in [9.17, 15) is 4.39 Å². The zero-order chi connectivity index (χ0) is 11.0. The van der Waals surface area contributed by atoms with Gasteiger partial charge in [0.05, 0.1) is 0 Å². The molecule has 3 rings (SSSR count). The van der Waals surface area contributed by atoms with E-state index in [0.717, 1.165) is 19.5 Å². The van der Waals surface area contributed by atoms with Crippen LogP contribution >= 0.6 is 0 Å².